The second-order valence-corrected chi connectivity index (χ2v) is 4.20. The zero-order valence-corrected chi connectivity index (χ0v) is 10.4. The van der Waals surface area contributed by atoms with Gasteiger partial charge < -0.3 is 14.8 Å². The third-order valence-electron chi connectivity index (χ3n) is 2.95. The van der Waals surface area contributed by atoms with Crippen molar-refractivity contribution in [3.05, 3.63) is 54.2 Å². The molecule has 0 spiro atoms. The highest BCUT2D eigenvalue weighted by Crippen LogP contribution is 2.21. The molecule has 0 fully saturated rings. The minimum absolute atomic E-state index is 0.0419. The van der Waals surface area contributed by atoms with Crippen molar-refractivity contribution in [2.45, 2.75) is 6.54 Å². The third kappa shape index (κ3) is 2.18. The zero-order chi connectivity index (χ0) is 13.9. The summed E-state index contributed by atoms with van der Waals surface area (Å²) in [6.07, 6.45) is 4.23. The number of carboxylic acids is 1. The van der Waals surface area contributed by atoms with Gasteiger partial charge in [-0.05, 0) is 6.07 Å². The molecule has 2 heterocycles. The number of aromatic nitrogens is 2. The Morgan fingerprint density at radius 1 is 1.35 bits per heavy atom. The molecular formula is C14H11N3O3. The van der Waals surface area contributed by atoms with Crippen LogP contribution in [0, 0.1) is 0 Å². The lowest BCUT2D eigenvalue weighted by molar-refractivity contribution is 0.0697. The normalized spacial score (nSPS) is 10.6. The van der Waals surface area contributed by atoms with E-state index in [2.05, 4.69) is 15.3 Å². The SMILES string of the molecule is O=C(O)c1cncnc1NCc1coc2ccccc12. The molecule has 6 nitrogen and oxygen atoms in total. The van der Waals surface area contributed by atoms with E-state index in [0.29, 0.717) is 6.54 Å². The number of carboxylic acid groups (broad SMARTS) is 1. The summed E-state index contributed by atoms with van der Waals surface area (Å²) in [5.74, 6) is -0.775. The van der Waals surface area contributed by atoms with Crippen molar-refractivity contribution in [2.24, 2.45) is 0 Å². The van der Waals surface area contributed by atoms with Crippen molar-refractivity contribution in [2.75, 3.05) is 5.32 Å². The van der Waals surface area contributed by atoms with Gasteiger partial charge in [-0.3, -0.25) is 0 Å². The van der Waals surface area contributed by atoms with E-state index in [1.807, 2.05) is 24.3 Å². The highest BCUT2D eigenvalue weighted by atomic mass is 16.4. The number of rotatable bonds is 4. The maximum atomic E-state index is 11.1. The quantitative estimate of drug-likeness (QED) is 0.756. The van der Waals surface area contributed by atoms with Gasteiger partial charge in [-0.2, -0.15) is 0 Å². The number of furan rings is 1. The maximum Gasteiger partial charge on any atom is 0.341 e. The Morgan fingerprint density at radius 2 is 2.20 bits per heavy atom. The second kappa shape index (κ2) is 5.00. The van der Waals surface area contributed by atoms with Gasteiger partial charge in [0, 0.05) is 23.7 Å². The summed E-state index contributed by atoms with van der Waals surface area (Å²) in [7, 11) is 0. The van der Waals surface area contributed by atoms with E-state index < -0.39 is 5.97 Å². The van der Waals surface area contributed by atoms with Crippen molar-refractivity contribution >= 4 is 22.8 Å². The average Bonchev–Trinajstić information content (AvgIpc) is 2.88. The van der Waals surface area contributed by atoms with Crippen LogP contribution in [0.5, 0.6) is 0 Å². The number of hydrogen-bond acceptors (Lipinski definition) is 5. The number of carbonyl (C=O) groups is 1. The predicted molar refractivity (Wildman–Crippen MR) is 72.5 cm³/mol. The molecule has 0 aliphatic rings. The van der Waals surface area contributed by atoms with Crippen LogP contribution >= 0.6 is 0 Å². The van der Waals surface area contributed by atoms with E-state index in [4.69, 9.17) is 9.52 Å². The summed E-state index contributed by atoms with van der Waals surface area (Å²) in [4.78, 5) is 18.7. The lowest BCUT2D eigenvalue weighted by atomic mass is 10.2. The number of para-hydroxylation sites is 1. The number of nitrogens with zero attached hydrogens (tertiary/aromatic N) is 2. The van der Waals surface area contributed by atoms with Crippen LogP contribution in [0.25, 0.3) is 11.0 Å². The Balaban J connectivity index is 1.85. The van der Waals surface area contributed by atoms with Crippen LogP contribution in [0.3, 0.4) is 0 Å². The smallest absolute Gasteiger partial charge is 0.341 e. The Morgan fingerprint density at radius 3 is 3.05 bits per heavy atom. The van der Waals surface area contributed by atoms with Gasteiger partial charge in [0.25, 0.3) is 0 Å². The van der Waals surface area contributed by atoms with Crippen LogP contribution in [-0.4, -0.2) is 21.0 Å². The molecule has 1 aromatic carbocycles. The number of fused-ring (bicyclic) bond motifs is 1. The molecule has 3 aromatic rings. The van der Waals surface area contributed by atoms with Crippen LogP contribution in [0.15, 0.2) is 47.5 Å². The fourth-order valence-electron chi connectivity index (χ4n) is 1.98. The van der Waals surface area contributed by atoms with Crippen molar-refractivity contribution in [1.82, 2.24) is 9.97 Å². The Hall–Kier alpha value is -2.89. The van der Waals surface area contributed by atoms with Crippen molar-refractivity contribution in [1.29, 1.82) is 0 Å². The largest absolute Gasteiger partial charge is 0.477 e. The first-order valence-corrected chi connectivity index (χ1v) is 5.98. The monoisotopic (exact) mass is 269 g/mol. The predicted octanol–water partition coefficient (Wildman–Crippen LogP) is 2.53. The molecule has 0 atom stereocenters. The number of aromatic carboxylic acids is 1. The number of benzene rings is 1. The van der Waals surface area contributed by atoms with E-state index in [1.54, 1.807) is 6.26 Å². The number of hydrogen-bond donors (Lipinski definition) is 2. The van der Waals surface area contributed by atoms with Gasteiger partial charge in [-0.1, -0.05) is 18.2 Å². The molecule has 0 saturated heterocycles. The van der Waals surface area contributed by atoms with E-state index in [1.165, 1.54) is 12.5 Å². The molecular weight excluding hydrogens is 258 g/mol. The first kappa shape index (κ1) is 12.2. The molecule has 0 aliphatic heterocycles. The Kier molecular flexibility index (Phi) is 3.04. The number of nitrogens with one attached hydrogen (secondary N) is 1. The van der Waals surface area contributed by atoms with Crippen molar-refractivity contribution in [3.8, 4) is 0 Å². The molecule has 6 heteroatoms. The van der Waals surface area contributed by atoms with Gasteiger partial charge in [0.1, 0.15) is 23.3 Å². The highest BCUT2D eigenvalue weighted by molar-refractivity contribution is 5.92. The first-order chi connectivity index (χ1) is 9.75. The maximum absolute atomic E-state index is 11.1. The molecule has 0 amide bonds. The minimum atomic E-state index is -1.06. The van der Waals surface area contributed by atoms with Crippen LogP contribution in [0.2, 0.25) is 0 Å². The van der Waals surface area contributed by atoms with Gasteiger partial charge in [0.05, 0.1) is 6.26 Å². The molecule has 3 rings (SSSR count). The van der Waals surface area contributed by atoms with E-state index >= 15 is 0 Å². The van der Waals surface area contributed by atoms with E-state index in [9.17, 15) is 4.79 Å². The van der Waals surface area contributed by atoms with Crippen LogP contribution in [-0.2, 0) is 6.54 Å². The second-order valence-electron chi connectivity index (χ2n) is 4.20. The van der Waals surface area contributed by atoms with E-state index in [-0.39, 0.29) is 11.4 Å². The van der Waals surface area contributed by atoms with Crippen LogP contribution in [0.4, 0.5) is 5.82 Å². The van der Waals surface area contributed by atoms with Gasteiger partial charge in [0.15, 0.2) is 0 Å². The van der Waals surface area contributed by atoms with Gasteiger partial charge in [-0.15, -0.1) is 0 Å². The molecule has 2 aromatic heterocycles. The first-order valence-electron chi connectivity index (χ1n) is 5.98. The summed E-state index contributed by atoms with van der Waals surface area (Å²) in [6, 6.07) is 7.66. The molecule has 20 heavy (non-hydrogen) atoms. The minimum Gasteiger partial charge on any atom is -0.477 e. The summed E-state index contributed by atoms with van der Waals surface area (Å²) in [5, 5.41) is 13.0. The average molecular weight is 269 g/mol. The topological polar surface area (TPSA) is 88.2 Å². The van der Waals surface area contributed by atoms with Gasteiger partial charge in [0.2, 0.25) is 0 Å². The number of anilines is 1. The molecule has 0 aliphatic carbocycles. The standard InChI is InChI=1S/C14H11N3O3/c18-14(19)11-6-15-8-17-13(11)16-5-9-7-20-12-4-2-1-3-10(9)12/h1-4,6-8H,5H2,(H,18,19)(H,15,16,17). The Labute approximate surface area is 114 Å². The zero-order valence-electron chi connectivity index (χ0n) is 10.4. The highest BCUT2D eigenvalue weighted by Gasteiger charge is 2.12. The fraction of sp³-hybridized carbons (Fsp3) is 0.0714. The molecule has 0 radical (unpaired) electrons. The Bertz CT molecular complexity index is 767. The van der Waals surface area contributed by atoms with Crippen LogP contribution in [0.1, 0.15) is 15.9 Å². The van der Waals surface area contributed by atoms with Gasteiger partial charge >= 0.3 is 5.97 Å². The molecule has 100 valence electrons. The van der Waals surface area contributed by atoms with Gasteiger partial charge in [-0.25, -0.2) is 14.8 Å². The lowest BCUT2D eigenvalue weighted by Crippen LogP contribution is -2.08. The third-order valence-corrected chi connectivity index (χ3v) is 2.95. The summed E-state index contributed by atoms with van der Waals surface area (Å²) >= 11 is 0. The fourth-order valence-corrected chi connectivity index (χ4v) is 1.98. The molecule has 2 N–H and O–H groups in total. The molecule has 0 saturated carbocycles. The summed E-state index contributed by atoms with van der Waals surface area (Å²) in [5.41, 5.74) is 1.78. The van der Waals surface area contributed by atoms with E-state index in [0.717, 1.165) is 16.5 Å². The summed E-state index contributed by atoms with van der Waals surface area (Å²) in [6.45, 7) is 0.425. The van der Waals surface area contributed by atoms with Crippen LogP contribution < -0.4 is 5.32 Å². The summed E-state index contributed by atoms with van der Waals surface area (Å²) < 4.78 is 5.43. The van der Waals surface area contributed by atoms with Crippen molar-refractivity contribution in [3.63, 3.8) is 0 Å². The van der Waals surface area contributed by atoms with Crippen molar-refractivity contribution < 1.29 is 14.3 Å². The molecule has 0 unspecified atom stereocenters. The lowest BCUT2D eigenvalue weighted by Gasteiger charge is -2.06. The molecule has 0 bridgehead atoms.